The van der Waals surface area contributed by atoms with E-state index in [0.717, 1.165) is 31.4 Å². The molecule has 1 saturated carbocycles. The number of hydrogen-bond acceptors (Lipinski definition) is 5. The van der Waals surface area contributed by atoms with Gasteiger partial charge in [0.15, 0.2) is 5.96 Å². The van der Waals surface area contributed by atoms with Gasteiger partial charge >= 0.3 is 0 Å². The second-order valence-electron chi connectivity index (χ2n) is 8.65. The van der Waals surface area contributed by atoms with Gasteiger partial charge in [0, 0.05) is 52.0 Å². The fourth-order valence-corrected chi connectivity index (χ4v) is 6.06. The maximum Gasteiger partial charge on any atom is 0.216 e. The molecule has 0 amide bonds. The number of anilines is 1. The minimum atomic E-state index is -3.31. The Morgan fingerprint density at radius 3 is 2.52 bits per heavy atom. The standard InChI is InChI=1S/C21H34N6O2S.HI/c1-2-22-20(26-12-9-21(18-26)7-5-8-21)24-11-17-30(28,29)27-15-13-25(14-16-27)19-6-3-4-10-23-19;/h3-4,6,10H,2,5,7-9,11-18H2,1H3,(H,22,24);1H. The first-order chi connectivity index (χ1) is 14.5. The number of pyridine rings is 1. The summed E-state index contributed by atoms with van der Waals surface area (Å²) in [4.78, 5) is 13.5. The number of likely N-dealkylation sites (tertiary alicyclic amines) is 1. The van der Waals surface area contributed by atoms with E-state index in [0.29, 0.717) is 38.1 Å². The average Bonchev–Trinajstić information content (AvgIpc) is 3.20. The number of nitrogens with zero attached hydrogens (tertiary/aromatic N) is 5. The van der Waals surface area contributed by atoms with E-state index in [2.05, 4.69) is 32.0 Å². The van der Waals surface area contributed by atoms with Gasteiger partial charge in [-0.15, -0.1) is 24.0 Å². The lowest BCUT2D eigenvalue weighted by molar-refractivity contribution is 0.151. The second kappa shape index (κ2) is 10.7. The third-order valence-electron chi connectivity index (χ3n) is 6.70. The van der Waals surface area contributed by atoms with Crippen LogP contribution in [-0.2, 0) is 10.0 Å². The molecule has 31 heavy (non-hydrogen) atoms. The van der Waals surface area contributed by atoms with E-state index in [1.54, 1.807) is 10.5 Å². The van der Waals surface area contributed by atoms with Gasteiger partial charge < -0.3 is 15.1 Å². The molecule has 3 fully saturated rings. The minimum Gasteiger partial charge on any atom is -0.357 e. The highest BCUT2D eigenvalue weighted by atomic mass is 127. The Labute approximate surface area is 203 Å². The fraction of sp³-hybridized carbons (Fsp3) is 0.714. The molecule has 10 heteroatoms. The van der Waals surface area contributed by atoms with Gasteiger partial charge in [-0.25, -0.2) is 13.4 Å². The van der Waals surface area contributed by atoms with Gasteiger partial charge in [0.05, 0.1) is 12.3 Å². The Hall–Kier alpha value is -1.14. The molecule has 0 atom stereocenters. The summed E-state index contributed by atoms with van der Waals surface area (Å²) in [5.74, 6) is 1.84. The van der Waals surface area contributed by atoms with Crippen molar-refractivity contribution in [2.45, 2.75) is 32.6 Å². The number of aromatic nitrogens is 1. The van der Waals surface area contributed by atoms with Crippen LogP contribution in [0.25, 0.3) is 0 Å². The van der Waals surface area contributed by atoms with Crippen LogP contribution in [-0.4, -0.2) is 86.7 Å². The Kier molecular flexibility index (Phi) is 8.42. The van der Waals surface area contributed by atoms with Crippen LogP contribution in [0.1, 0.15) is 32.6 Å². The van der Waals surface area contributed by atoms with Gasteiger partial charge in [0.1, 0.15) is 5.82 Å². The van der Waals surface area contributed by atoms with Crippen molar-refractivity contribution in [2.24, 2.45) is 10.4 Å². The Bertz CT molecular complexity index is 839. The van der Waals surface area contributed by atoms with Crippen LogP contribution in [0.5, 0.6) is 0 Å². The van der Waals surface area contributed by atoms with Crippen LogP contribution < -0.4 is 10.2 Å². The first kappa shape index (κ1) is 24.5. The first-order valence-electron chi connectivity index (χ1n) is 11.2. The lowest BCUT2D eigenvalue weighted by Gasteiger charge is -2.38. The minimum absolute atomic E-state index is 0. The molecule has 1 aliphatic carbocycles. The topological polar surface area (TPSA) is 81.1 Å². The van der Waals surface area contributed by atoms with Crippen molar-refractivity contribution in [3.05, 3.63) is 24.4 Å². The number of halogens is 1. The maximum atomic E-state index is 12.8. The SMILES string of the molecule is CCNC(=NCCS(=O)(=O)N1CCN(c2ccccn2)CC1)N1CCC2(CCC2)C1.I. The van der Waals surface area contributed by atoms with Crippen LogP contribution >= 0.6 is 24.0 Å². The number of nitrogens with one attached hydrogen (secondary N) is 1. The summed E-state index contributed by atoms with van der Waals surface area (Å²) in [7, 11) is -3.31. The molecule has 0 radical (unpaired) electrons. The smallest absolute Gasteiger partial charge is 0.216 e. The number of guanidine groups is 1. The van der Waals surface area contributed by atoms with Crippen LogP contribution in [0, 0.1) is 5.41 Å². The third-order valence-corrected chi connectivity index (χ3v) is 8.55. The molecule has 3 aliphatic rings. The predicted molar refractivity (Wildman–Crippen MR) is 136 cm³/mol. The molecular formula is C21H35IN6O2S. The van der Waals surface area contributed by atoms with E-state index >= 15 is 0 Å². The number of piperazine rings is 1. The molecular weight excluding hydrogens is 527 g/mol. The number of rotatable bonds is 6. The van der Waals surface area contributed by atoms with Crippen molar-refractivity contribution >= 4 is 45.8 Å². The molecule has 0 bridgehead atoms. The Morgan fingerprint density at radius 2 is 1.94 bits per heavy atom. The quantitative estimate of drug-likeness (QED) is 0.325. The summed E-state index contributed by atoms with van der Waals surface area (Å²) in [5, 5.41) is 3.35. The normalized spacial score (nSPS) is 21.6. The molecule has 1 aromatic heterocycles. The monoisotopic (exact) mass is 562 g/mol. The van der Waals surface area contributed by atoms with Gasteiger partial charge in [-0.3, -0.25) is 4.99 Å². The molecule has 174 valence electrons. The van der Waals surface area contributed by atoms with Crippen molar-refractivity contribution in [3.8, 4) is 0 Å². The van der Waals surface area contributed by atoms with Crippen LogP contribution in [0.4, 0.5) is 5.82 Å². The number of hydrogen-bond donors (Lipinski definition) is 1. The zero-order valence-electron chi connectivity index (χ0n) is 18.4. The maximum absolute atomic E-state index is 12.8. The summed E-state index contributed by atoms with van der Waals surface area (Å²) in [6.45, 7) is 7.56. The third kappa shape index (κ3) is 5.81. The zero-order chi connectivity index (χ0) is 21.0. The summed E-state index contributed by atoms with van der Waals surface area (Å²) >= 11 is 0. The molecule has 0 unspecified atom stereocenters. The molecule has 4 rings (SSSR count). The zero-order valence-corrected chi connectivity index (χ0v) is 21.5. The highest BCUT2D eigenvalue weighted by molar-refractivity contribution is 14.0. The van der Waals surface area contributed by atoms with E-state index < -0.39 is 10.0 Å². The highest BCUT2D eigenvalue weighted by Gasteiger charge is 2.43. The largest absolute Gasteiger partial charge is 0.357 e. The van der Waals surface area contributed by atoms with Gasteiger partial charge in [-0.1, -0.05) is 12.5 Å². The van der Waals surface area contributed by atoms with Crippen molar-refractivity contribution in [2.75, 3.05) is 63.0 Å². The Balaban J connectivity index is 0.00000272. The van der Waals surface area contributed by atoms with Gasteiger partial charge in [0.2, 0.25) is 10.0 Å². The van der Waals surface area contributed by atoms with Crippen molar-refractivity contribution in [3.63, 3.8) is 0 Å². The van der Waals surface area contributed by atoms with Crippen molar-refractivity contribution < 1.29 is 8.42 Å². The Morgan fingerprint density at radius 1 is 1.16 bits per heavy atom. The van der Waals surface area contributed by atoms with Crippen LogP contribution in [0.2, 0.25) is 0 Å². The molecule has 2 aliphatic heterocycles. The molecule has 0 aromatic carbocycles. The summed E-state index contributed by atoms with van der Waals surface area (Å²) in [6.07, 6.45) is 6.98. The van der Waals surface area contributed by atoms with Crippen LogP contribution in [0.3, 0.4) is 0 Å². The molecule has 2 saturated heterocycles. The van der Waals surface area contributed by atoms with Crippen molar-refractivity contribution in [1.82, 2.24) is 19.5 Å². The van der Waals surface area contributed by atoms with E-state index in [1.165, 1.54) is 25.7 Å². The van der Waals surface area contributed by atoms with E-state index in [4.69, 9.17) is 0 Å². The van der Waals surface area contributed by atoms with E-state index in [-0.39, 0.29) is 29.7 Å². The average molecular weight is 563 g/mol. The van der Waals surface area contributed by atoms with E-state index in [1.807, 2.05) is 18.2 Å². The lowest BCUT2D eigenvalue weighted by atomic mass is 9.68. The molecule has 1 N–H and O–H groups in total. The molecule has 3 heterocycles. The molecule has 8 nitrogen and oxygen atoms in total. The molecule has 1 aromatic rings. The lowest BCUT2D eigenvalue weighted by Crippen LogP contribution is -2.49. The molecule has 1 spiro atoms. The van der Waals surface area contributed by atoms with Crippen LogP contribution in [0.15, 0.2) is 29.4 Å². The number of sulfonamides is 1. The van der Waals surface area contributed by atoms with Gasteiger partial charge in [-0.2, -0.15) is 4.31 Å². The fourth-order valence-electron chi connectivity index (χ4n) is 4.76. The highest BCUT2D eigenvalue weighted by Crippen LogP contribution is 2.47. The van der Waals surface area contributed by atoms with Crippen molar-refractivity contribution in [1.29, 1.82) is 0 Å². The number of aliphatic imine (C=N–C) groups is 1. The van der Waals surface area contributed by atoms with Gasteiger partial charge in [0.25, 0.3) is 0 Å². The second-order valence-corrected chi connectivity index (χ2v) is 10.7. The summed E-state index contributed by atoms with van der Waals surface area (Å²) < 4.78 is 27.3. The van der Waals surface area contributed by atoms with E-state index in [9.17, 15) is 8.42 Å². The summed E-state index contributed by atoms with van der Waals surface area (Å²) in [6, 6.07) is 5.81. The van der Waals surface area contributed by atoms with Gasteiger partial charge in [-0.05, 0) is 43.7 Å². The first-order valence-corrected chi connectivity index (χ1v) is 12.8. The predicted octanol–water partition coefficient (Wildman–Crippen LogP) is 1.99. The summed E-state index contributed by atoms with van der Waals surface area (Å²) in [5.41, 5.74) is 0.496.